The SMILES string of the molecule is CC1CC(=O)N(CCOc2ccc(C#CCCO)cc2)C1. The van der Waals surface area contributed by atoms with E-state index >= 15 is 0 Å². The largest absolute Gasteiger partial charge is 0.492 e. The Bertz CT molecular complexity index is 527. The minimum Gasteiger partial charge on any atom is -0.492 e. The average molecular weight is 287 g/mol. The Balaban J connectivity index is 1.76. The number of aliphatic hydroxyl groups excluding tert-OH is 1. The quantitative estimate of drug-likeness (QED) is 0.838. The predicted molar refractivity (Wildman–Crippen MR) is 80.9 cm³/mol. The Morgan fingerprint density at radius 3 is 2.76 bits per heavy atom. The van der Waals surface area contributed by atoms with Gasteiger partial charge in [0.1, 0.15) is 12.4 Å². The standard InChI is InChI=1S/C17H21NO3/c1-14-12-17(20)18(13-14)9-11-21-16-7-5-15(6-8-16)4-2-3-10-19/h5-8,14,19H,3,9-13H2,1H3. The highest BCUT2D eigenvalue weighted by Crippen LogP contribution is 2.17. The fourth-order valence-corrected chi connectivity index (χ4v) is 2.31. The molecule has 1 heterocycles. The van der Waals surface area contributed by atoms with Crippen molar-refractivity contribution in [1.82, 2.24) is 4.90 Å². The number of likely N-dealkylation sites (tertiary alicyclic amines) is 1. The van der Waals surface area contributed by atoms with E-state index in [4.69, 9.17) is 9.84 Å². The molecule has 0 aromatic heterocycles. The van der Waals surface area contributed by atoms with Crippen LogP contribution in [0.25, 0.3) is 0 Å². The van der Waals surface area contributed by atoms with Gasteiger partial charge < -0.3 is 14.7 Å². The highest BCUT2D eigenvalue weighted by Gasteiger charge is 2.25. The first-order valence-corrected chi connectivity index (χ1v) is 7.29. The second kappa shape index (κ2) is 7.70. The van der Waals surface area contributed by atoms with Crippen LogP contribution in [0, 0.1) is 17.8 Å². The second-order valence-corrected chi connectivity index (χ2v) is 5.30. The van der Waals surface area contributed by atoms with Gasteiger partial charge in [0.25, 0.3) is 0 Å². The van der Waals surface area contributed by atoms with Crippen LogP contribution in [0.3, 0.4) is 0 Å². The molecule has 1 aliphatic heterocycles. The molecule has 1 saturated heterocycles. The van der Waals surface area contributed by atoms with E-state index in [9.17, 15) is 4.79 Å². The number of aliphatic hydroxyl groups is 1. The molecule has 1 aliphatic rings. The Labute approximate surface area is 125 Å². The van der Waals surface area contributed by atoms with E-state index in [2.05, 4.69) is 18.8 Å². The Morgan fingerprint density at radius 1 is 1.38 bits per heavy atom. The summed E-state index contributed by atoms with van der Waals surface area (Å²) in [7, 11) is 0. The summed E-state index contributed by atoms with van der Waals surface area (Å²) in [5.41, 5.74) is 0.902. The van der Waals surface area contributed by atoms with Crippen LogP contribution >= 0.6 is 0 Å². The molecule has 1 atom stereocenters. The van der Waals surface area contributed by atoms with E-state index in [1.54, 1.807) is 0 Å². The fraction of sp³-hybridized carbons (Fsp3) is 0.471. The van der Waals surface area contributed by atoms with Crippen molar-refractivity contribution in [3.63, 3.8) is 0 Å². The first-order valence-electron chi connectivity index (χ1n) is 7.29. The number of nitrogens with zero attached hydrogens (tertiary/aromatic N) is 1. The van der Waals surface area contributed by atoms with Gasteiger partial charge in [-0.3, -0.25) is 4.79 Å². The first-order chi connectivity index (χ1) is 10.2. The molecule has 4 heteroatoms. The third-order valence-electron chi connectivity index (χ3n) is 3.36. The predicted octanol–water partition coefficient (Wildman–Crippen LogP) is 1.67. The van der Waals surface area contributed by atoms with Gasteiger partial charge in [0.05, 0.1) is 13.2 Å². The van der Waals surface area contributed by atoms with Crippen LogP contribution in [-0.4, -0.2) is 42.2 Å². The molecule has 1 aromatic rings. The van der Waals surface area contributed by atoms with E-state index in [-0.39, 0.29) is 12.5 Å². The van der Waals surface area contributed by atoms with E-state index < -0.39 is 0 Å². The molecule has 0 radical (unpaired) electrons. The molecule has 2 rings (SSSR count). The van der Waals surface area contributed by atoms with Crippen LogP contribution in [0.1, 0.15) is 25.3 Å². The molecule has 1 N–H and O–H groups in total. The molecule has 1 unspecified atom stereocenters. The van der Waals surface area contributed by atoms with Crippen LogP contribution in [0.15, 0.2) is 24.3 Å². The lowest BCUT2D eigenvalue weighted by molar-refractivity contribution is -0.128. The zero-order valence-electron chi connectivity index (χ0n) is 12.3. The van der Waals surface area contributed by atoms with Gasteiger partial charge in [-0.1, -0.05) is 18.8 Å². The van der Waals surface area contributed by atoms with Gasteiger partial charge in [-0.05, 0) is 30.2 Å². The summed E-state index contributed by atoms with van der Waals surface area (Å²) in [5.74, 6) is 7.30. The smallest absolute Gasteiger partial charge is 0.223 e. The summed E-state index contributed by atoms with van der Waals surface area (Å²) in [6, 6.07) is 7.53. The number of amides is 1. The first kappa shape index (κ1) is 15.4. The lowest BCUT2D eigenvalue weighted by Crippen LogP contribution is -2.29. The Kier molecular flexibility index (Phi) is 5.65. The minimum absolute atomic E-state index is 0.0853. The lowest BCUT2D eigenvalue weighted by Gasteiger charge is -2.16. The van der Waals surface area contributed by atoms with Crippen LogP contribution in [-0.2, 0) is 4.79 Å². The third kappa shape index (κ3) is 4.80. The number of benzene rings is 1. The number of rotatable bonds is 5. The molecule has 1 aromatic carbocycles. The molecule has 0 saturated carbocycles. The second-order valence-electron chi connectivity index (χ2n) is 5.30. The van der Waals surface area contributed by atoms with Crippen molar-refractivity contribution in [3.8, 4) is 17.6 Å². The van der Waals surface area contributed by atoms with Crippen LogP contribution in [0.5, 0.6) is 5.75 Å². The molecule has 0 spiro atoms. The molecule has 112 valence electrons. The number of hydrogen-bond donors (Lipinski definition) is 1. The maximum atomic E-state index is 11.6. The van der Waals surface area contributed by atoms with Gasteiger partial charge in [-0.15, -0.1) is 0 Å². The number of ether oxygens (including phenoxy) is 1. The van der Waals surface area contributed by atoms with Crippen LogP contribution in [0.4, 0.5) is 0 Å². The summed E-state index contributed by atoms with van der Waals surface area (Å²) < 4.78 is 5.65. The van der Waals surface area contributed by atoms with Crippen molar-refractivity contribution in [2.75, 3.05) is 26.3 Å². The van der Waals surface area contributed by atoms with E-state index in [1.807, 2.05) is 29.2 Å². The molecule has 1 fully saturated rings. The molecule has 4 nitrogen and oxygen atoms in total. The van der Waals surface area contributed by atoms with Crippen molar-refractivity contribution >= 4 is 5.91 Å². The summed E-state index contributed by atoms with van der Waals surface area (Å²) in [4.78, 5) is 13.5. The van der Waals surface area contributed by atoms with Gasteiger partial charge in [-0.25, -0.2) is 0 Å². The summed E-state index contributed by atoms with van der Waals surface area (Å²) >= 11 is 0. The Morgan fingerprint density at radius 2 is 2.14 bits per heavy atom. The summed E-state index contributed by atoms with van der Waals surface area (Å²) in [5, 5.41) is 8.66. The minimum atomic E-state index is 0.0853. The summed E-state index contributed by atoms with van der Waals surface area (Å²) in [6.45, 7) is 4.16. The maximum absolute atomic E-state index is 11.6. The fourth-order valence-electron chi connectivity index (χ4n) is 2.31. The number of hydrogen-bond acceptors (Lipinski definition) is 3. The molecule has 1 amide bonds. The number of carbonyl (C=O) groups is 1. The van der Waals surface area contributed by atoms with Crippen molar-refractivity contribution in [2.24, 2.45) is 5.92 Å². The maximum Gasteiger partial charge on any atom is 0.223 e. The van der Waals surface area contributed by atoms with Crippen LogP contribution in [0.2, 0.25) is 0 Å². The van der Waals surface area contributed by atoms with E-state index in [0.29, 0.717) is 31.9 Å². The van der Waals surface area contributed by atoms with Crippen molar-refractivity contribution in [1.29, 1.82) is 0 Å². The highest BCUT2D eigenvalue weighted by molar-refractivity contribution is 5.78. The van der Waals surface area contributed by atoms with E-state index in [1.165, 1.54) is 0 Å². The molecule has 21 heavy (non-hydrogen) atoms. The normalized spacial score (nSPS) is 17.5. The Hall–Kier alpha value is -1.99. The van der Waals surface area contributed by atoms with Gasteiger partial charge in [0, 0.05) is 24.9 Å². The van der Waals surface area contributed by atoms with Crippen molar-refractivity contribution in [2.45, 2.75) is 19.8 Å². The highest BCUT2D eigenvalue weighted by atomic mass is 16.5. The summed E-state index contributed by atoms with van der Waals surface area (Å²) in [6.07, 6.45) is 1.14. The zero-order chi connectivity index (χ0) is 15.1. The van der Waals surface area contributed by atoms with Crippen LogP contribution < -0.4 is 4.74 Å². The van der Waals surface area contributed by atoms with Gasteiger partial charge in [-0.2, -0.15) is 0 Å². The monoisotopic (exact) mass is 287 g/mol. The lowest BCUT2D eigenvalue weighted by atomic mass is 10.2. The molecule has 0 aliphatic carbocycles. The van der Waals surface area contributed by atoms with Gasteiger partial charge in [0.15, 0.2) is 0 Å². The molecular weight excluding hydrogens is 266 g/mol. The zero-order valence-corrected chi connectivity index (χ0v) is 12.3. The van der Waals surface area contributed by atoms with Gasteiger partial charge in [0.2, 0.25) is 5.91 Å². The topological polar surface area (TPSA) is 49.8 Å². The molecule has 0 bridgehead atoms. The number of carbonyl (C=O) groups excluding carboxylic acids is 1. The average Bonchev–Trinajstić information content (AvgIpc) is 2.79. The van der Waals surface area contributed by atoms with E-state index in [0.717, 1.165) is 17.9 Å². The van der Waals surface area contributed by atoms with Crippen molar-refractivity contribution < 1.29 is 14.6 Å². The third-order valence-corrected chi connectivity index (χ3v) is 3.36. The molecular formula is C17H21NO3. The van der Waals surface area contributed by atoms with Crippen molar-refractivity contribution in [3.05, 3.63) is 29.8 Å². The van der Waals surface area contributed by atoms with Gasteiger partial charge >= 0.3 is 0 Å².